The third-order valence-electron chi connectivity index (χ3n) is 6.05. The minimum atomic E-state index is -0.396. The number of hydrogen-bond donors (Lipinski definition) is 1. The van der Waals surface area contributed by atoms with Crippen molar-refractivity contribution in [2.45, 2.75) is 6.61 Å². The van der Waals surface area contributed by atoms with Gasteiger partial charge in [0.2, 0.25) is 0 Å². The van der Waals surface area contributed by atoms with Gasteiger partial charge in [-0.15, -0.1) is 5.10 Å². The molecule has 162 valence electrons. The Bertz CT molecular complexity index is 1240. The molecule has 2 aliphatic heterocycles. The summed E-state index contributed by atoms with van der Waals surface area (Å²) in [6, 6.07) is 12.2. The van der Waals surface area contributed by atoms with Crippen LogP contribution in [0.25, 0.3) is 11.0 Å². The van der Waals surface area contributed by atoms with Crippen LogP contribution in [0, 0.1) is 23.2 Å². The van der Waals surface area contributed by atoms with Crippen LogP contribution < -0.4 is 0 Å². The molecule has 9 nitrogen and oxygen atoms in total. The molecule has 5 rings (SSSR count). The minimum Gasteiger partial charge on any atom is -0.445 e. The molecule has 2 aromatic carbocycles. The Morgan fingerprint density at radius 3 is 2.62 bits per heavy atom. The standard InChI is InChI=1S/C22H19ClN6O3/c23-18-4-13(7-24)3-14(5-18)12-32-22(31)29-10-16-8-28(9-17(16)11-29)21(30)15-1-2-19-20(6-15)26-27-25-19/h1-6,16-17H,8-12H2,(H,25,26,27)/t16-,17-/m0/s1. The summed E-state index contributed by atoms with van der Waals surface area (Å²) in [7, 11) is 0. The van der Waals surface area contributed by atoms with Crippen molar-refractivity contribution in [1.29, 1.82) is 5.26 Å². The van der Waals surface area contributed by atoms with Crippen molar-refractivity contribution in [2.75, 3.05) is 26.2 Å². The number of aromatic amines is 1. The predicted octanol–water partition coefficient (Wildman–Crippen LogP) is 2.82. The normalized spacial score (nSPS) is 19.8. The van der Waals surface area contributed by atoms with Crippen LogP contribution in [0.5, 0.6) is 0 Å². The summed E-state index contributed by atoms with van der Waals surface area (Å²) in [6.45, 7) is 2.35. The predicted molar refractivity (Wildman–Crippen MR) is 115 cm³/mol. The van der Waals surface area contributed by atoms with E-state index in [1.54, 1.807) is 41.3 Å². The fourth-order valence-corrected chi connectivity index (χ4v) is 4.76. The Balaban J connectivity index is 1.16. The highest BCUT2D eigenvalue weighted by Gasteiger charge is 2.43. The van der Waals surface area contributed by atoms with Gasteiger partial charge in [-0.1, -0.05) is 16.8 Å². The van der Waals surface area contributed by atoms with E-state index < -0.39 is 6.09 Å². The van der Waals surface area contributed by atoms with Gasteiger partial charge in [0.05, 0.1) is 17.1 Å². The van der Waals surface area contributed by atoms with Crippen molar-refractivity contribution in [2.24, 2.45) is 11.8 Å². The van der Waals surface area contributed by atoms with Gasteiger partial charge in [-0.3, -0.25) is 9.89 Å². The molecule has 2 amide bonds. The number of carbonyl (C=O) groups excluding carboxylic acids is 2. The fraction of sp³-hybridized carbons (Fsp3) is 0.318. The third-order valence-corrected chi connectivity index (χ3v) is 6.27. The number of carbonyl (C=O) groups is 2. The minimum absolute atomic E-state index is 0.0346. The maximum Gasteiger partial charge on any atom is 0.410 e. The highest BCUT2D eigenvalue weighted by molar-refractivity contribution is 6.30. The number of halogens is 1. The molecule has 10 heteroatoms. The molecule has 3 aromatic rings. The fourth-order valence-electron chi connectivity index (χ4n) is 4.50. The Morgan fingerprint density at radius 2 is 1.88 bits per heavy atom. The summed E-state index contributed by atoms with van der Waals surface area (Å²) in [4.78, 5) is 29.0. The Kier molecular flexibility index (Phi) is 5.15. The second-order valence-electron chi connectivity index (χ2n) is 8.19. The lowest BCUT2D eigenvalue weighted by Crippen LogP contribution is -2.35. The van der Waals surface area contributed by atoms with Crippen molar-refractivity contribution < 1.29 is 14.3 Å². The molecule has 0 saturated carbocycles. The van der Waals surface area contributed by atoms with E-state index in [0.717, 1.165) is 5.52 Å². The summed E-state index contributed by atoms with van der Waals surface area (Å²) in [5.41, 5.74) is 3.12. The van der Waals surface area contributed by atoms with Crippen molar-refractivity contribution in [1.82, 2.24) is 25.2 Å². The highest BCUT2D eigenvalue weighted by atomic mass is 35.5. The molecule has 1 aromatic heterocycles. The number of nitrogens with one attached hydrogen (secondary N) is 1. The van der Waals surface area contributed by atoms with Crippen LogP contribution >= 0.6 is 11.6 Å². The lowest BCUT2D eigenvalue weighted by Gasteiger charge is -2.21. The van der Waals surface area contributed by atoms with Crippen LogP contribution in [0.4, 0.5) is 4.79 Å². The summed E-state index contributed by atoms with van der Waals surface area (Å²) in [5.74, 6) is 0.407. The topological polar surface area (TPSA) is 115 Å². The summed E-state index contributed by atoms with van der Waals surface area (Å²) in [5, 5.41) is 20.0. The number of fused-ring (bicyclic) bond motifs is 2. The van der Waals surface area contributed by atoms with Crippen molar-refractivity contribution >= 4 is 34.6 Å². The van der Waals surface area contributed by atoms with Gasteiger partial charge in [0.25, 0.3) is 5.91 Å². The number of aromatic nitrogens is 3. The van der Waals surface area contributed by atoms with Crippen LogP contribution in [0.3, 0.4) is 0 Å². The number of likely N-dealkylation sites (tertiary alicyclic amines) is 2. The van der Waals surface area contributed by atoms with Crippen molar-refractivity contribution in [3.8, 4) is 6.07 Å². The monoisotopic (exact) mass is 450 g/mol. The van der Waals surface area contributed by atoms with E-state index in [1.165, 1.54) is 0 Å². The van der Waals surface area contributed by atoms with E-state index in [9.17, 15) is 9.59 Å². The smallest absolute Gasteiger partial charge is 0.410 e. The van der Waals surface area contributed by atoms with E-state index in [4.69, 9.17) is 21.6 Å². The quantitative estimate of drug-likeness (QED) is 0.656. The van der Waals surface area contributed by atoms with E-state index in [1.807, 2.05) is 11.0 Å². The number of nitriles is 1. The highest BCUT2D eigenvalue weighted by Crippen LogP contribution is 2.32. The number of rotatable bonds is 3. The summed E-state index contributed by atoms with van der Waals surface area (Å²) in [6.07, 6.45) is -0.396. The van der Waals surface area contributed by atoms with Crippen LogP contribution in [0.15, 0.2) is 36.4 Å². The molecule has 2 fully saturated rings. The van der Waals surface area contributed by atoms with E-state index in [2.05, 4.69) is 15.4 Å². The molecule has 0 radical (unpaired) electrons. The zero-order valence-corrected chi connectivity index (χ0v) is 17.7. The second kappa shape index (κ2) is 8.13. The van der Waals surface area contributed by atoms with E-state index in [0.29, 0.717) is 53.4 Å². The number of H-pyrrole nitrogens is 1. The first-order chi connectivity index (χ1) is 15.5. The van der Waals surface area contributed by atoms with Crippen molar-refractivity contribution in [3.63, 3.8) is 0 Å². The SMILES string of the molecule is N#Cc1cc(Cl)cc(COC(=O)N2C[C@@H]3CN(C(=O)c4ccc5[nH]nnc5c4)C[C@H]3C2)c1. The van der Waals surface area contributed by atoms with Gasteiger partial charge >= 0.3 is 6.09 Å². The number of ether oxygens (including phenoxy) is 1. The first-order valence-electron chi connectivity index (χ1n) is 10.2. The maximum atomic E-state index is 12.9. The van der Waals surface area contributed by atoms with Crippen LogP contribution in [-0.4, -0.2) is 63.4 Å². The zero-order chi connectivity index (χ0) is 22.2. The Morgan fingerprint density at radius 1 is 1.12 bits per heavy atom. The molecule has 1 N–H and O–H groups in total. The Labute approximate surface area is 188 Å². The molecule has 3 heterocycles. The summed E-state index contributed by atoms with van der Waals surface area (Å²) >= 11 is 6.00. The number of nitrogens with zero attached hydrogens (tertiary/aromatic N) is 5. The average Bonchev–Trinajstić information content (AvgIpc) is 3.50. The molecule has 32 heavy (non-hydrogen) atoms. The van der Waals surface area contributed by atoms with Gasteiger partial charge in [-0.2, -0.15) is 5.26 Å². The van der Waals surface area contributed by atoms with Crippen LogP contribution in [-0.2, 0) is 11.3 Å². The first kappa shape index (κ1) is 20.3. The first-order valence-corrected chi connectivity index (χ1v) is 10.6. The van der Waals surface area contributed by atoms with Gasteiger partial charge in [0.15, 0.2) is 0 Å². The van der Waals surface area contributed by atoms with Crippen LogP contribution in [0.2, 0.25) is 5.02 Å². The molecule has 2 aliphatic rings. The van der Waals surface area contributed by atoms with Gasteiger partial charge in [-0.05, 0) is 42.0 Å². The molecule has 0 bridgehead atoms. The van der Waals surface area contributed by atoms with Gasteiger partial charge in [0.1, 0.15) is 12.1 Å². The molecular formula is C22H19ClN6O3. The van der Waals surface area contributed by atoms with E-state index in [-0.39, 0.29) is 24.3 Å². The molecule has 2 saturated heterocycles. The largest absolute Gasteiger partial charge is 0.445 e. The number of amides is 2. The molecule has 0 unspecified atom stereocenters. The molecule has 0 aliphatic carbocycles. The zero-order valence-electron chi connectivity index (χ0n) is 17.0. The third kappa shape index (κ3) is 3.85. The second-order valence-corrected chi connectivity index (χ2v) is 8.63. The molecule has 0 spiro atoms. The summed E-state index contributed by atoms with van der Waals surface area (Å²) < 4.78 is 5.43. The Hall–Kier alpha value is -3.64. The molecule has 2 atom stereocenters. The lowest BCUT2D eigenvalue weighted by atomic mass is 10.0. The van der Waals surface area contributed by atoms with Gasteiger partial charge < -0.3 is 14.5 Å². The maximum absolute atomic E-state index is 12.9. The number of hydrogen-bond acceptors (Lipinski definition) is 6. The number of benzene rings is 2. The van der Waals surface area contributed by atoms with Crippen molar-refractivity contribution in [3.05, 3.63) is 58.1 Å². The van der Waals surface area contributed by atoms with E-state index >= 15 is 0 Å². The van der Waals surface area contributed by atoms with Crippen LogP contribution in [0.1, 0.15) is 21.5 Å². The van der Waals surface area contributed by atoms with Gasteiger partial charge in [0, 0.05) is 48.6 Å². The average molecular weight is 451 g/mol. The molecular weight excluding hydrogens is 432 g/mol. The van der Waals surface area contributed by atoms with Gasteiger partial charge in [-0.25, -0.2) is 4.79 Å². The lowest BCUT2D eigenvalue weighted by molar-refractivity contribution is 0.0764.